The number of unbranched alkanes of at least 4 members (excludes halogenated alkanes) is 8. The number of aliphatic hydroxyl groups is 1. The zero-order valence-electron chi connectivity index (χ0n) is 28.5. The van der Waals surface area contributed by atoms with Crippen molar-refractivity contribution in [3.05, 3.63) is 42.0 Å². The van der Waals surface area contributed by atoms with Gasteiger partial charge in [0.05, 0.1) is 18.9 Å². The van der Waals surface area contributed by atoms with Gasteiger partial charge in [-0.25, -0.2) is 9.59 Å². The summed E-state index contributed by atoms with van der Waals surface area (Å²) in [6.07, 6.45) is 11.3. The first kappa shape index (κ1) is 41.3. The summed E-state index contributed by atoms with van der Waals surface area (Å²) in [5, 5.41) is 42.1. The highest BCUT2D eigenvalue weighted by Gasteiger charge is 2.49. The predicted octanol–water partition coefficient (Wildman–Crippen LogP) is 5.96. The van der Waals surface area contributed by atoms with Gasteiger partial charge in [-0.15, -0.1) is 0 Å². The monoisotopic (exact) mass is 661 g/mol. The van der Waals surface area contributed by atoms with Crippen LogP contribution in [0.2, 0.25) is 0 Å². The van der Waals surface area contributed by atoms with Crippen LogP contribution in [0.5, 0.6) is 5.75 Å². The number of ether oxygens (including phenoxy) is 1. The van der Waals surface area contributed by atoms with Crippen LogP contribution in [0, 0.1) is 11.3 Å². The van der Waals surface area contributed by atoms with Gasteiger partial charge in [-0.3, -0.25) is 14.4 Å². The van der Waals surface area contributed by atoms with E-state index >= 15 is 0 Å². The summed E-state index contributed by atoms with van der Waals surface area (Å²) in [6.45, 7) is 8.69. The Morgan fingerprint density at radius 2 is 1.43 bits per heavy atom. The molecule has 0 fully saturated rings. The molecule has 1 rings (SSSR count). The molecule has 0 aromatic heterocycles. The molecule has 0 saturated heterocycles. The number of nitrogens with one attached hydrogen (secondary N) is 1. The lowest BCUT2D eigenvalue weighted by molar-refractivity contribution is -0.172. The first-order chi connectivity index (χ1) is 22.1. The fourth-order valence-electron chi connectivity index (χ4n) is 4.95. The maximum absolute atomic E-state index is 13.3. The summed E-state index contributed by atoms with van der Waals surface area (Å²) in [7, 11) is 0. The molecule has 0 heterocycles. The second-order valence-corrected chi connectivity index (χ2v) is 13.5. The fraction of sp³-hybridized carbons (Fsp3) is 0.639. The molecule has 0 bridgehead atoms. The minimum absolute atomic E-state index is 0.0603. The van der Waals surface area contributed by atoms with Crippen LogP contribution in [0.15, 0.2) is 36.4 Å². The molecule has 0 radical (unpaired) electrons. The van der Waals surface area contributed by atoms with E-state index in [9.17, 15) is 44.4 Å². The molecule has 11 nitrogen and oxygen atoms in total. The zero-order valence-corrected chi connectivity index (χ0v) is 28.5. The molecular weight excluding hydrogens is 606 g/mol. The van der Waals surface area contributed by atoms with Gasteiger partial charge < -0.3 is 30.5 Å². The zero-order chi connectivity index (χ0) is 35.5. The highest BCUT2D eigenvalue weighted by molar-refractivity contribution is 5.94. The minimum atomic E-state index is -3.02. The van der Waals surface area contributed by atoms with E-state index in [-0.39, 0.29) is 17.6 Å². The SMILES string of the molecule is CCCCCCCC(=O)CCCCCC/C=C/[C@H](C(=O)N[C@@H](Cc1ccc(OCC(C)(C)C)cc1)C(=O)O)[C@@](O)(CC(=O)O)C(=O)O. The quantitative estimate of drug-likeness (QED) is 0.0618. The molecule has 47 heavy (non-hydrogen) atoms. The smallest absolute Gasteiger partial charge is 0.337 e. The van der Waals surface area contributed by atoms with Gasteiger partial charge in [-0.1, -0.05) is 90.5 Å². The molecule has 264 valence electrons. The molecule has 0 spiro atoms. The average Bonchev–Trinajstić information content (AvgIpc) is 2.98. The fourth-order valence-corrected chi connectivity index (χ4v) is 4.95. The highest BCUT2D eigenvalue weighted by atomic mass is 16.5. The van der Waals surface area contributed by atoms with E-state index in [1.54, 1.807) is 24.3 Å². The predicted molar refractivity (Wildman–Crippen MR) is 178 cm³/mol. The summed E-state index contributed by atoms with van der Waals surface area (Å²) in [4.78, 5) is 61.0. The van der Waals surface area contributed by atoms with E-state index in [4.69, 9.17) is 4.74 Å². The van der Waals surface area contributed by atoms with Gasteiger partial charge in [0.25, 0.3) is 0 Å². The third kappa shape index (κ3) is 17.1. The lowest BCUT2D eigenvalue weighted by atomic mass is 9.82. The van der Waals surface area contributed by atoms with Crippen LogP contribution in [0.1, 0.15) is 117 Å². The standard InChI is InChI=1S/C36H55NO10/c1-5-6-7-10-13-16-27(38)17-14-11-8-9-12-15-18-29(36(46,34(44)45)24-31(39)40)32(41)37-30(33(42)43)23-26-19-21-28(22-20-26)47-25-35(2,3)4/h15,18-22,29-30,46H,5-14,16-17,23-25H2,1-4H3,(H,37,41)(H,39,40)(H,42,43)(H,44,45)/b18-15+/t29-,30+,36+/m1/s1. The molecule has 1 aromatic carbocycles. The van der Waals surface area contributed by atoms with Crippen molar-refractivity contribution in [2.75, 3.05) is 6.61 Å². The average molecular weight is 662 g/mol. The van der Waals surface area contributed by atoms with Gasteiger partial charge in [0.1, 0.15) is 17.6 Å². The number of hydrogen-bond acceptors (Lipinski definition) is 7. The largest absolute Gasteiger partial charge is 0.493 e. The van der Waals surface area contributed by atoms with Crippen molar-refractivity contribution in [2.45, 2.75) is 129 Å². The Morgan fingerprint density at radius 3 is 1.94 bits per heavy atom. The lowest BCUT2D eigenvalue weighted by Crippen LogP contribution is -2.55. The second kappa shape index (κ2) is 21.2. The second-order valence-electron chi connectivity index (χ2n) is 13.5. The Labute approximate surface area is 278 Å². The Morgan fingerprint density at radius 1 is 0.851 bits per heavy atom. The Balaban J connectivity index is 2.84. The summed E-state index contributed by atoms with van der Waals surface area (Å²) in [5.41, 5.74) is -2.52. The van der Waals surface area contributed by atoms with Crippen LogP contribution < -0.4 is 10.1 Å². The third-order valence-electron chi connectivity index (χ3n) is 7.70. The number of benzene rings is 1. The number of carbonyl (C=O) groups excluding carboxylic acids is 2. The van der Waals surface area contributed by atoms with Crippen molar-refractivity contribution in [1.29, 1.82) is 0 Å². The number of carboxylic acid groups (broad SMARTS) is 3. The van der Waals surface area contributed by atoms with Crippen molar-refractivity contribution >= 4 is 29.6 Å². The Hall–Kier alpha value is -3.73. The molecule has 11 heteroatoms. The maximum atomic E-state index is 13.3. The highest BCUT2D eigenvalue weighted by Crippen LogP contribution is 2.26. The third-order valence-corrected chi connectivity index (χ3v) is 7.70. The van der Waals surface area contributed by atoms with E-state index in [1.807, 2.05) is 20.8 Å². The molecule has 0 aliphatic carbocycles. The number of carbonyl (C=O) groups is 5. The van der Waals surface area contributed by atoms with E-state index in [1.165, 1.54) is 12.5 Å². The molecule has 0 unspecified atom stereocenters. The number of carboxylic acids is 3. The van der Waals surface area contributed by atoms with Gasteiger partial charge in [0.15, 0.2) is 5.60 Å². The van der Waals surface area contributed by atoms with Crippen LogP contribution in [0.3, 0.4) is 0 Å². The number of Topliss-reactive ketones (excluding diaryl/α,β-unsaturated/α-hetero) is 1. The van der Waals surface area contributed by atoms with E-state index in [2.05, 4.69) is 12.2 Å². The lowest BCUT2D eigenvalue weighted by Gasteiger charge is -2.29. The van der Waals surface area contributed by atoms with Gasteiger partial charge in [-0.05, 0) is 48.8 Å². The van der Waals surface area contributed by atoms with Gasteiger partial charge in [0, 0.05) is 19.3 Å². The summed E-state index contributed by atoms with van der Waals surface area (Å²) in [5.74, 6) is -7.09. The van der Waals surface area contributed by atoms with Crippen LogP contribution in [-0.2, 0) is 30.4 Å². The Bertz CT molecular complexity index is 1170. The van der Waals surface area contributed by atoms with Crippen molar-refractivity contribution in [3.63, 3.8) is 0 Å². The summed E-state index contributed by atoms with van der Waals surface area (Å²) < 4.78 is 5.73. The molecule has 1 aromatic rings. The van der Waals surface area contributed by atoms with Gasteiger partial charge in [0.2, 0.25) is 5.91 Å². The molecule has 0 aliphatic rings. The molecule has 0 aliphatic heterocycles. The first-order valence-corrected chi connectivity index (χ1v) is 16.7. The van der Waals surface area contributed by atoms with Crippen LogP contribution in [0.4, 0.5) is 0 Å². The minimum Gasteiger partial charge on any atom is -0.493 e. The maximum Gasteiger partial charge on any atom is 0.337 e. The first-order valence-electron chi connectivity index (χ1n) is 16.7. The van der Waals surface area contributed by atoms with E-state index < -0.39 is 47.8 Å². The van der Waals surface area contributed by atoms with Gasteiger partial charge >= 0.3 is 17.9 Å². The molecule has 0 saturated carbocycles. The molecule has 3 atom stereocenters. The van der Waals surface area contributed by atoms with Crippen LogP contribution >= 0.6 is 0 Å². The normalized spacial score (nSPS) is 14.2. The van der Waals surface area contributed by atoms with Crippen molar-refractivity contribution in [2.24, 2.45) is 11.3 Å². The number of ketones is 1. The number of allylic oxidation sites excluding steroid dienone is 1. The van der Waals surface area contributed by atoms with Gasteiger partial charge in [-0.2, -0.15) is 0 Å². The Kier molecular flexibility index (Phi) is 18.6. The summed E-state index contributed by atoms with van der Waals surface area (Å²) >= 11 is 0. The molecule has 1 amide bonds. The van der Waals surface area contributed by atoms with Crippen molar-refractivity contribution in [1.82, 2.24) is 5.32 Å². The topological polar surface area (TPSA) is 188 Å². The number of hydrogen-bond donors (Lipinski definition) is 5. The molecular formula is C36H55NO10. The number of amides is 1. The number of rotatable bonds is 25. The van der Waals surface area contributed by atoms with Crippen LogP contribution in [0.25, 0.3) is 0 Å². The van der Waals surface area contributed by atoms with Crippen LogP contribution in [-0.4, -0.2) is 68.3 Å². The van der Waals surface area contributed by atoms with E-state index in [0.717, 1.165) is 51.0 Å². The molecule has 5 N–H and O–H groups in total. The summed E-state index contributed by atoms with van der Waals surface area (Å²) in [6, 6.07) is 5.18. The van der Waals surface area contributed by atoms with Crippen molar-refractivity contribution in [3.8, 4) is 5.75 Å². The number of aliphatic carboxylic acids is 3. The van der Waals surface area contributed by atoms with Crippen molar-refractivity contribution < 1.29 is 49.1 Å². The van der Waals surface area contributed by atoms with E-state index in [0.29, 0.717) is 43.6 Å².